The summed E-state index contributed by atoms with van der Waals surface area (Å²) >= 11 is 0. The molecule has 4 atom stereocenters. The van der Waals surface area contributed by atoms with Gasteiger partial charge in [0.25, 0.3) is 0 Å². The molecule has 4 unspecified atom stereocenters. The smallest absolute Gasteiger partial charge is 0.407 e. The summed E-state index contributed by atoms with van der Waals surface area (Å²) in [7, 11) is 0. The van der Waals surface area contributed by atoms with Gasteiger partial charge in [0.05, 0.1) is 12.6 Å². The van der Waals surface area contributed by atoms with Crippen LogP contribution in [0.2, 0.25) is 0 Å². The van der Waals surface area contributed by atoms with E-state index in [0.29, 0.717) is 13.2 Å². The molecule has 0 bridgehead atoms. The van der Waals surface area contributed by atoms with Crippen molar-refractivity contribution in [2.45, 2.75) is 70.4 Å². The summed E-state index contributed by atoms with van der Waals surface area (Å²) in [5, 5.41) is 5.63. The van der Waals surface area contributed by atoms with E-state index in [2.05, 4.69) is 22.4 Å². The third-order valence-electron chi connectivity index (χ3n) is 4.43. The van der Waals surface area contributed by atoms with Crippen molar-refractivity contribution in [3.8, 4) is 0 Å². The average molecular weight is 397 g/mol. The minimum atomic E-state index is -0.545. The number of carbonyl (C=O) groups is 2. The molecule has 0 saturated carbocycles. The fourth-order valence-corrected chi connectivity index (χ4v) is 2.96. The molecule has 0 aromatic heterocycles. The number of amides is 2. The van der Waals surface area contributed by atoms with Crippen molar-refractivity contribution < 1.29 is 29.5 Å². The first-order chi connectivity index (χ1) is 13.2. The summed E-state index contributed by atoms with van der Waals surface area (Å²) < 4.78 is 16.0. The minimum Gasteiger partial charge on any atom is -0.449 e. The Morgan fingerprint density at radius 3 is 2.61 bits per heavy atom. The van der Waals surface area contributed by atoms with Crippen LogP contribution in [0.25, 0.3) is 0 Å². The van der Waals surface area contributed by atoms with Gasteiger partial charge in [0.2, 0.25) is 6.23 Å². The number of unbranched alkanes of at least 4 members (excludes halogenated alkanes) is 1. The Kier molecular flexibility index (Phi) is 8.32. The normalized spacial score (nSPS) is 24.4. The molecule has 0 aromatic carbocycles. The lowest BCUT2D eigenvalue weighted by atomic mass is 10.0. The first kappa shape index (κ1) is 22.2. The monoisotopic (exact) mass is 396 g/mol. The van der Waals surface area contributed by atoms with Crippen LogP contribution in [0.15, 0.2) is 24.3 Å². The van der Waals surface area contributed by atoms with Crippen molar-refractivity contribution in [2.24, 2.45) is 5.92 Å². The molecule has 1 saturated heterocycles. The van der Waals surface area contributed by atoms with Crippen LogP contribution in [-0.2, 0) is 14.2 Å². The van der Waals surface area contributed by atoms with Gasteiger partial charge in [-0.1, -0.05) is 24.3 Å². The quantitative estimate of drug-likeness (QED) is 0.406. The Bertz CT molecular complexity index is 585. The second kappa shape index (κ2) is 10.5. The maximum absolute atomic E-state index is 12.0. The van der Waals surface area contributed by atoms with Gasteiger partial charge in [-0.3, -0.25) is 0 Å². The van der Waals surface area contributed by atoms with Crippen molar-refractivity contribution in [1.82, 2.24) is 10.6 Å². The predicted molar refractivity (Wildman–Crippen MR) is 104 cm³/mol. The van der Waals surface area contributed by atoms with Crippen LogP contribution in [0.5, 0.6) is 0 Å². The third-order valence-corrected chi connectivity index (χ3v) is 4.43. The zero-order valence-electron chi connectivity index (χ0n) is 17.1. The van der Waals surface area contributed by atoms with Gasteiger partial charge in [-0.15, -0.1) is 0 Å². The van der Waals surface area contributed by atoms with E-state index in [4.69, 9.17) is 14.2 Å². The van der Waals surface area contributed by atoms with Gasteiger partial charge in [0, 0.05) is 12.5 Å². The summed E-state index contributed by atoms with van der Waals surface area (Å²) in [4.78, 5) is 23.7. The van der Waals surface area contributed by atoms with Gasteiger partial charge >= 0.3 is 12.2 Å². The summed E-state index contributed by atoms with van der Waals surface area (Å²) in [6, 6.07) is -0.143. The molecule has 2 amide bonds. The lowest BCUT2D eigenvalue weighted by Gasteiger charge is -2.22. The van der Waals surface area contributed by atoms with E-state index in [1.807, 2.05) is 39.0 Å². The number of quaternary nitrogens is 1. The number of epoxide rings is 1. The van der Waals surface area contributed by atoms with Gasteiger partial charge in [-0.05, 0) is 46.5 Å². The molecule has 2 rings (SSSR count). The van der Waals surface area contributed by atoms with E-state index in [-0.39, 0.29) is 24.3 Å². The second-order valence-corrected chi connectivity index (χ2v) is 8.22. The van der Waals surface area contributed by atoms with E-state index in [1.165, 1.54) is 0 Å². The molecule has 1 aliphatic carbocycles. The SMILES string of the molecule is CC(C)(C)OC(=O)NC(CCCCNC(=O)OCC1C=CC=CC1)C1OC1[NH3+]. The standard InChI is InChI=1S/C20H33N3O5/c1-20(2,3)28-19(25)23-15(16-17(21)27-16)11-7-8-12-22-18(24)26-13-14-9-5-4-6-10-14/h4-6,9,14-17H,7-8,10-13,21H2,1-3H3,(H,22,24)(H,23,25)/p+1. The maximum atomic E-state index is 12.0. The molecule has 2 aliphatic rings. The highest BCUT2D eigenvalue weighted by Crippen LogP contribution is 2.23. The highest BCUT2D eigenvalue weighted by molar-refractivity contribution is 5.68. The Labute approximate surface area is 166 Å². The van der Waals surface area contributed by atoms with E-state index in [9.17, 15) is 9.59 Å². The van der Waals surface area contributed by atoms with Gasteiger partial charge in [0.15, 0.2) is 6.10 Å². The Balaban J connectivity index is 1.59. The van der Waals surface area contributed by atoms with Gasteiger partial charge < -0.3 is 30.6 Å². The number of nitrogens with one attached hydrogen (secondary N) is 2. The molecule has 28 heavy (non-hydrogen) atoms. The number of hydrogen-bond donors (Lipinski definition) is 3. The van der Waals surface area contributed by atoms with Crippen LogP contribution in [-0.4, -0.2) is 49.3 Å². The topological polar surface area (TPSA) is 117 Å². The van der Waals surface area contributed by atoms with Crippen LogP contribution in [0.3, 0.4) is 0 Å². The number of rotatable bonds is 9. The number of allylic oxidation sites excluding steroid dienone is 3. The lowest BCUT2D eigenvalue weighted by molar-refractivity contribution is -0.412. The fourth-order valence-electron chi connectivity index (χ4n) is 2.96. The zero-order valence-corrected chi connectivity index (χ0v) is 17.1. The third kappa shape index (κ3) is 8.75. The summed E-state index contributed by atoms with van der Waals surface area (Å²) in [5.41, 5.74) is 3.32. The number of ether oxygens (including phenoxy) is 3. The Hall–Kier alpha value is -2.06. The molecule has 8 nitrogen and oxygen atoms in total. The van der Waals surface area contributed by atoms with Crippen molar-refractivity contribution in [1.29, 1.82) is 0 Å². The van der Waals surface area contributed by atoms with Crippen molar-refractivity contribution in [2.75, 3.05) is 13.2 Å². The Morgan fingerprint density at radius 1 is 1.25 bits per heavy atom. The number of carbonyl (C=O) groups excluding carboxylic acids is 2. The van der Waals surface area contributed by atoms with Gasteiger partial charge in [0.1, 0.15) is 5.60 Å². The van der Waals surface area contributed by atoms with E-state index >= 15 is 0 Å². The fraction of sp³-hybridized carbons (Fsp3) is 0.700. The number of hydrogen-bond acceptors (Lipinski definition) is 5. The molecule has 158 valence electrons. The maximum Gasteiger partial charge on any atom is 0.407 e. The minimum absolute atomic E-state index is 0.0805. The van der Waals surface area contributed by atoms with Crippen LogP contribution in [0.1, 0.15) is 46.5 Å². The van der Waals surface area contributed by atoms with Gasteiger partial charge in [-0.2, -0.15) is 0 Å². The van der Waals surface area contributed by atoms with Crippen molar-refractivity contribution >= 4 is 12.2 Å². The number of alkyl carbamates (subject to hydrolysis) is 2. The Morgan fingerprint density at radius 2 is 2.00 bits per heavy atom. The first-order valence-corrected chi connectivity index (χ1v) is 9.96. The predicted octanol–water partition coefficient (Wildman–Crippen LogP) is 1.88. The molecular formula is C20H34N3O5+. The summed E-state index contributed by atoms with van der Waals surface area (Å²) in [6.07, 6.45) is 10.3. The largest absolute Gasteiger partial charge is 0.449 e. The molecule has 0 spiro atoms. The molecule has 1 heterocycles. The van der Waals surface area contributed by atoms with Crippen LogP contribution < -0.4 is 16.4 Å². The lowest BCUT2D eigenvalue weighted by Crippen LogP contribution is -2.57. The van der Waals surface area contributed by atoms with E-state index in [0.717, 1.165) is 25.7 Å². The zero-order chi connectivity index (χ0) is 20.6. The molecule has 0 radical (unpaired) electrons. The van der Waals surface area contributed by atoms with Crippen LogP contribution in [0, 0.1) is 5.92 Å². The highest BCUT2D eigenvalue weighted by Gasteiger charge is 2.46. The second-order valence-electron chi connectivity index (χ2n) is 8.22. The molecular weight excluding hydrogens is 362 g/mol. The van der Waals surface area contributed by atoms with Crippen molar-refractivity contribution in [3.05, 3.63) is 24.3 Å². The summed E-state index contributed by atoms with van der Waals surface area (Å²) in [5.74, 6) is 0.254. The molecule has 8 heteroatoms. The van der Waals surface area contributed by atoms with Crippen molar-refractivity contribution in [3.63, 3.8) is 0 Å². The average Bonchev–Trinajstić information content (AvgIpc) is 3.34. The molecule has 1 fully saturated rings. The van der Waals surface area contributed by atoms with Crippen LogP contribution in [0.4, 0.5) is 9.59 Å². The molecule has 5 N–H and O–H groups in total. The summed E-state index contributed by atoms with van der Waals surface area (Å²) in [6.45, 7) is 6.39. The van der Waals surface area contributed by atoms with E-state index < -0.39 is 17.8 Å². The van der Waals surface area contributed by atoms with Gasteiger partial charge in [-0.25, -0.2) is 9.59 Å². The van der Waals surface area contributed by atoms with Crippen LogP contribution >= 0.6 is 0 Å². The highest BCUT2D eigenvalue weighted by atomic mass is 16.6. The molecule has 1 aliphatic heterocycles. The van der Waals surface area contributed by atoms with E-state index in [1.54, 1.807) is 0 Å². The first-order valence-electron chi connectivity index (χ1n) is 9.96. The molecule has 0 aromatic rings.